The van der Waals surface area contributed by atoms with Gasteiger partial charge >= 0.3 is 6.09 Å². The molecule has 3 rings (SSSR count). The molecule has 152 valence electrons. The summed E-state index contributed by atoms with van der Waals surface area (Å²) in [4.78, 5) is 14.6. The summed E-state index contributed by atoms with van der Waals surface area (Å²) in [6.45, 7) is 1.75. The van der Waals surface area contributed by atoms with Gasteiger partial charge in [-0.25, -0.2) is 22.3 Å². The first-order valence-electron chi connectivity index (χ1n) is 8.38. The van der Waals surface area contributed by atoms with Crippen molar-refractivity contribution in [1.82, 2.24) is 20.1 Å². The number of nitrogens with one attached hydrogen (secondary N) is 1. The molecule has 0 aliphatic carbocycles. The van der Waals surface area contributed by atoms with Crippen molar-refractivity contribution >= 4 is 27.5 Å². The molecule has 2 heterocycles. The van der Waals surface area contributed by atoms with E-state index in [1.54, 1.807) is 13.0 Å². The number of rotatable bonds is 6. The predicted octanol–water partition coefficient (Wildman–Crippen LogP) is 3.01. The summed E-state index contributed by atoms with van der Waals surface area (Å²) in [6, 6.07) is 8.23. The number of hydrogen-bond donors (Lipinski definition) is 2. The first-order chi connectivity index (χ1) is 13.7. The maximum Gasteiger partial charge on any atom is 0.404 e. The fourth-order valence-corrected chi connectivity index (χ4v) is 4.13. The number of benzene rings is 1. The molecule has 1 aromatic carbocycles. The van der Waals surface area contributed by atoms with Crippen molar-refractivity contribution in [2.24, 2.45) is 0 Å². The number of hydrogen-bond acceptors (Lipinski definition) is 5. The molecule has 0 aliphatic heterocycles. The van der Waals surface area contributed by atoms with Gasteiger partial charge in [0.05, 0.1) is 16.3 Å². The largest absolute Gasteiger partial charge is 0.465 e. The van der Waals surface area contributed by atoms with Crippen molar-refractivity contribution in [2.45, 2.75) is 23.3 Å². The van der Waals surface area contributed by atoms with Crippen LogP contribution in [0.15, 0.2) is 52.5 Å². The van der Waals surface area contributed by atoms with Crippen molar-refractivity contribution in [3.8, 4) is 5.69 Å². The van der Waals surface area contributed by atoms with E-state index in [-0.39, 0.29) is 39.3 Å². The molecule has 8 nitrogen and oxygen atoms in total. The minimum atomic E-state index is -4.06. The van der Waals surface area contributed by atoms with Gasteiger partial charge in [-0.1, -0.05) is 17.7 Å². The van der Waals surface area contributed by atoms with Gasteiger partial charge in [0.15, 0.2) is 5.03 Å². The van der Waals surface area contributed by atoms with Crippen LogP contribution in [-0.2, 0) is 16.3 Å². The highest BCUT2D eigenvalue weighted by Crippen LogP contribution is 2.29. The summed E-state index contributed by atoms with van der Waals surface area (Å²) in [5.74, 6) is -0.728. The highest BCUT2D eigenvalue weighted by Gasteiger charge is 2.26. The second kappa shape index (κ2) is 8.18. The van der Waals surface area contributed by atoms with E-state index >= 15 is 0 Å². The Balaban J connectivity index is 2.13. The molecule has 2 aromatic heterocycles. The van der Waals surface area contributed by atoms with Crippen LogP contribution in [-0.4, -0.2) is 40.9 Å². The molecule has 0 bridgehead atoms. The Labute approximate surface area is 170 Å². The topological polar surface area (TPSA) is 114 Å². The van der Waals surface area contributed by atoms with Crippen LogP contribution in [0.4, 0.5) is 9.18 Å². The normalized spacial score (nSPS) is 11.4. The summed E-state index contributed by atoms with van der Waals surface area (Å²) in [7, 11) is -4.06. The molecule has 0 spiro atoms. The monoisotopic (exact) mass is 438 g/mol. The summed E-state index contributed by atoms with van der Waals surface area (Å²) >= 11 is 6.04. The van der Waals surface area contributed by atoms with E-state index in [9.17, 15) is 17.6 Å². The number of aromatic nitrogens is 3. The fourth-order valence-electron chi connectivity index (χ4n) is 2.58. The van der Waals surface area contributed by atoms with Gasteiger partial charge in [0, 0.05) is 24.9 Å². The van der Waals surface area contributed by atoms with Crippen molar-refractivity contribution in [1.29, 1.82) is 0 Å². The maximum atomic E-state index is 14.0. The summed E-state index contributed by atoms with van der Waals surface area (Å²) < 4.78 is 41.4. The number of sulfone groups is 1. The molecule has 29 heavy (non-hydrogen) atoms. The van der Waals surface area contributed by atoms with Gasteiger partial charge in [-0.3, -0.25) is 4.98 Å². The second-order valence-electron chi connectivity index (χ2n) is 6.08. The minimum absolute atomic E-state index is 0.0226. The van der Waals surface area contributed by atoms with Gasteiger partial charge in [-0.05, 0) is 37.3 Å². The standard InChI is InChI=1S/C18H16ClFN4O4S/c1-11-5-6-13(10-22-11)29(27,28)16-9-12(7-8-21-18(25)26)23-24(16)15-4-2-3-14(20)17(15)19/h2-6,9-10,21H,7-8H2,1H3,(H,25,26). The lowest BCUT2D eigenvalue weighted by atomic mass is 10.3. The van der Waals surface area contributed by atoms with Crippen molar-refractivity contribution in [3.05, 3.63) is 64.8 Å². The maximum absolute atomic E-state index is 14.0. The molecule has 2 N–H and O–H groups in total. The van der Waals surface area contributed by atoms with Crippen LogP contribution in [0.25, 0.3) is 5.69 Å². The van der Waals surface area contributed by atoms with Gasteiger partial charge < -0.3 is 10.4 Å². The third-order valence-corrected chi connectivity index (χ3v) is 6.09. The zero-order valence-corrected chi connectivity index (χ0v) is 16.7. The quantitative estimate of drug-likeness (QED) is 0.611. The van der Waals surface area contributed by atoms with Gasteiger partial charge in [0.25, 0.3) is 0 Å². The number of halogens is 2. The third kappa shape index (κ3) is 4.38. The highest BCUT2D eigenvalue weighted by atomic mass is 35.5. The Kier molecular flexibility index (Phi) is 5.85. The van der Waals surface area contributed by atoms with Gasteiger partial charge in [0.2, 0.25) is 9.84 Å². The molecular weight excluding hydrogens is 423 g/mol. The Hall–Kier alpha value is -2.98. The Morgan fingerprint density at radius 1 is 1.31 bits per heavy atom. The van der Waals surface area contributed by atoms with Gasteiger partial charge in [-0.15, -0.1) is 0 Å². The van der Waals surface area contributed by atoms with E-state index in [2.05, 4.69) is 15.4 Å². The fraction of sp³-hybridized carbons (Fsp3) is 0.167. The highest BCUT2D eigenvalue weighted by molar-refractivity contribution is 7.91. The summed E-state index contributed by atoms with van der Waals surface area (Å²) in [6.07, 6.45) is 0.137. The number of aryl methyl sites for hydroxylation is 1. The molecule has 0 saturated heterocycles. The number of carbonyl (C=O) groups is 1. The lowest BCUT2D eigenvalue weighted by molar-refractivity contribution is 0.194. The van der Waals surface area contributed by atoms with Crippen LogP contribution in [0, 0.1) is 12.7 Å². The molecule has 3 aromatic rings. The van der Waals surface area contributed by atoms with E-state index in [1.807, 2.05) is 0 Å². The van der Waals surface area contributed by atoms with Crippen LogP contribution in [0.3, 0.4) is 0 Å². The van der Waals surface area contributed by atoms with Gasteiger partial charge in [0.1, 0.15) is 10.8 Å². The number of pyridine rings is 1. The molecular formula is C18H16ClFN4O4S. The van der Waals surface area contributed by atoms with Crippen molar-refractivity contribution in [3.63, 3.8) is 0 Å². The number of carboxylic acid groups (broad SMARTS) is 1. The van der Waals surface area contributed by atoms with Crippen LogP contribution >= 0.6 is 11.6 Å². The Morgan fingerprint density at radius 3 is 2.72 bits per heavy atom. The lowest BCUT2D eigenvalue weighted by Crippen LogP contribution is -2.23. The number of amides is 1. The first-order valence-corrected chi connectivity index (χ1v) is 10.2. The van der Waals surface area contributed by atoms with Crippen LogP contribution in [0.2, 0.25) is 5.02 Å². The predicted molar refractivity (Wildman–Crippen MR) is 103 cm³/mol. The van der Waals surface area contributed by atoms with Crippen LogP contribution in [0.1, 0.15) is 11.4 Å². The molecule has 0 unspecified atom stereocenters. The van der Waals surface area contributed by atoms with Crippen LogP contribution < -0.4 is 5.32 Å². The van der Waals surface area contributed by atoms with Crippen LogP contribution in [0.5, 0.6) is 0 Å². The molecule has 0 saturated carbocycles. The van der Waals surface area contributed by atoms with E-state index in [0.717, 1.165) is 10.7 Å². The van der Waals surface area contributed by atoms with Crippen molar-refractivity contribution in [2.75, 3.05) is 6.54 Å². The van der Waals surface area contributed by atoms with Gasteiger partial charge in [-0.2, -0.15) is 5.10 Å². The SMILES string of the molecule is Cc1ccc(S(=O)(=O)c2cc(CCNC(=O)O)nn2-c2cccc(F)c2Cl)cn1. The molecule has 0 fully saturated rings. The van der Waals surface area contributed by atoms with E-state index in [1.165, 1.54) is 30.5 Å². The number of nitrogens with zero attached hydrogens (tertiary/aromatic N) is 3. The first kappa shape index (κ1) is 20.7. The zero-order valence-electron chi connectivity index (χ0n) is 15.1. The molecule has 0 atom stereocenters. The Bertz CT molecular complexity index is 1160. The molecule has 0 aliphatic rings. The lowest BCUT2D eigenvalue weighted by Gasteiger charge is -2.10. The third-order valence-electron chi connectivity index (χ3n) is 4.01. The average molecular weight is 439 g/mol. The van der Waals surface area contributed by atoms with Crippen molar-refractivity contribution < 1.29 is 22.7 Å². The Morgan fingerprint density at radius 2 is 2.07 bits per heavy atom. The summed E-state index contributed by atoms with van der Waals surface area (Å²) in [5, 5.41) is 14.6. The van der Waals surface area contributed by atoms with E-state index < -0.39 is 21.7 Å². The zero-order chi connectivity index (χ0) is 21.2. The molecule has 1 amide bonds. The average Bonchev–Trinajstić information content (AvgIpc) is 3.09. The minimum Gasteiger partial charge on any atom is -0.465 e. The van der Waals surface area contributed by atoms with E-state index in [0.29, 0.717) is 5.69 Å². The smallest absolute Gasteiger partial charge is 0.404 e. The molecule has 0 radical (unpaired) electrons. The van der Waals surface area contributed by atoms with E-state index in [4.69, 9.17) is 16.7 Å². The summed E-state index contributed by atoms with van der Waals surface area (Å²) in [5.41, 5.74) is 0.978. The molecule has 11 heteroatoms. The second-order valence-corrected chi connectivity index (χ2v) is 8.35.